The van der Waals surface area contributed by atoms with Gasteiger partial charge in [0, 0.05) is 17.3 Å². The molecule has 6 nitrogen and oxygen atoms in total. The van der Waals surface area contributed by atoms with Gasteiger partial charge >= 0.3 is 0 Å². The van der Waals surface area contributed by atoms with Crippen molar-refractivity contribution in [3.8, 4) is 17.1 Å². The second-order valence-electron chi connectivity index (χ2n) is 5.89. The molecule has 0 saturated carbocycles. The van der Waals surface area contributed by atoms with E-state index in [1.807, 2.05) is 13.8 Å². The van der Waals surface area contributed by atoms with E-state index < -0.39 is 10.0 Å². The number of aromatic nitrogens is 2. The third kappa shape index (κ3) is 3.83. The Balaban J connectivity index is 1.80. The van der Waals surface area contributed by atoms with Gasteiger partial charge in [0.05, 0.1) is 17.7 Å². The third-order valence-corrected chi connectivity index (χ3v) is 5.45. The average Bonchev–Trinajstić information content (AvgIpc) is 2.64. The minimum atomic E-state index is -3.63. The van der Waals surface area contributed by atoms with Gasteiger partial charge in [-0.05, 0) is 55.3 Å². The average molecular weight is 369 g/mol. The lowest BCUT2D eigenvalue weighted by Gasteiger charge is -2.10. The first-order valence-corrected chi connectivity index (χ1v) is 9.45. The third-order valence-electron chi connectivity index (χ3n) is 4.07. The van der Waals surface area contributed by atoms with Gasteiger partial charge in [0.15, 0.2) is 0 Å². The molecular weight excluding hydrogens is 350 g/mol. The number of methoxy groups -OCH3 is 1. The first kappa shape index (κ1) is 17.9. The first-order valence-electron chi connectivity index (χ1n) is 7.97. The molecule has 1 N–H and O–H groups in total. The highest BCUT2D eigenvalue weighted by Gasteiger charge is 2.15. The van der Waals surface area contributed by atoms with Crippen LogP contribution >= 0.6 is 0 Å². The minimum Gasteiger partial charge on any atom is -0.480 e. The SMILES string of the molecule is COc1ccc(-c2ccc(NS(=O)(=O)c3ccc(C)c(C)c3)cc2)nn1. The number of aryl methyl sites for hydroxylation is 2. The highest BCUT2D eigenvalue weighted by molar-refractivity contribution is 7.92. The molecule has 0 radical (unpaired) electrons. The number of anilines is 1. The molecule has 3 rings (SSSR count). The van der Waals surface area contributed by atoms with Crippen molar-refractivity contribution in [1.29, 1.82) is 0 Å². The zero-order valence-electron chi connectivity index (χ0n) is 14.7. The molecule has 0 atom stereocenters. The minimum absolute atomic E-state index is 0.241. The van der Waals surface area contributed by atoms with Crippen LogP contribution in [-0.2, 0) is 10.0 Å². The fourth-order valence-electron chi connectivity index (χ4n) is 2.39. The number of sulfonamides is 1. The van der Waals surface area contributed by atoms with E-state index in [-0.39, 0.29) is 4.90 Å². The molecule has 0 bridgehead atoms. The van der Waals surface area contributed by atoms with Crippen LogP contribution in [0.2, 0.25) is 0 Å². The number of nitrogens with zero attached hydrogens (tertiary/aromatic N) is 2. The molecular formula is C19H19N3O3S. The van der Waals surface area contributed by atoms with E-state index in [1.54, 1.807) is 54.6 Å². The van der Waals surface area contributed by atoms with E-state index >= 15 is 0 Å². The lowest BCUT2D eigenvalue weighted by molar-refractivity contribution is 0.392. The van der Waals surface area contributed by atoms with Gasteiger partial charge in [0.25, 0.3) is 10.0 Å². The molecule has 0 aliphatic rings. The van der Waals surface area contributed by atoms with Crippen LogP contribution in [0.25, 0.3) is 11.3 Å². The van der Waals surface area contributed by atoms with Gasteiger partial charge < -0.3 is 4.74 Å². The van der Waals surface area contributed by atoms with Crippen LogP contribution in [0.3, 0.4) is 0 Å². The zero-order valence-corrected chi connectivity index (χ0v) is 15.5. The number of rotatable bonds is 5. The van der Waals surface area contributed by atoms with Gasteiger partial charge in [0.1, 0.15) is 0 Å². The van der Waals surface area contributed by atoms with Crippen LogP contribution in [0.1, 0.15) is 11.1 Å². The molecule has 0 saturated heterocycles. The molecule has 26 heavy (non-hydrogen) atoms. The quantitative estimate of drug-likeness (QED) is 0.743. The van der Waals surface area contributed by atoms with Crippen molar-refractivity contribution < 1.29 is 13.2 Å². The van der Waals surface area contributed by atoms with Gasteiger partial charge in [-0.15, -0.1) is 10.2 Å². The first-order chi connectivity index (χ1) is 12.4. The number of ether oxygens (including phenoxy) is 1. The Morgan fingerprint density at radius 3 is 2.19 bits per heavy atom. The Labute approximate surface area is 152 Å². The van der Waals surface area contributed by atoms with Gasteiger partial charge in [-0.25, -0.2) is 8.42 Å². The monoisotopic (exact) mass is 369 g/mol. The van der Waals surface area contributed by atoms with E-state index in [4.69, 9.17) is 4.74 Å². The normalized spacial score (nSPS) is 11.2. The van der Waals surface area contributed by atoms with Crippen LogP contribution in [0.15, 0.2) is 59.5 Å². The van der Waals surface area contributed by atoms with E-state index in [1.165, 1.54) is 7.11 Å². The summed E-state index contributed by atoms with van der Waals surface area (Å²) in [7, 11) is -2.11. The highest BCUT2D eigenvalue weighted by Crippen LogP contribution is 2.23. The molecule has 0 aliphatic heterocycles. The number of hydrogen-bond donors (Lipinski definition) is 1. The maximum atomic E-state index is 12.5. The van der Waals surface area contributed by atoms with Crippen molar-refractivity contribution in [3.05, 3.63) is 65.7 Å². The number of nitrogens with one attached hydrogen (secondary N) is 1. The van der Waals surface area contributed by atoms with Crippen molar-refractivity contribution in [2.24, 2.45) is 0 Å². The molecule has 3 aromatic rings. The Kier molecular flexibility index (Phi) is 4.90. The van der Waals surface area contributed by atoms with E-state index in [0.717, 1.165) is 16.7 Å². The lowest BCUT2D eigenvalue weighted by Crippen LogP contribution is -2.13. The van der Waals surface area contributed by atoms with E-state index in [0.29, 0.717) is 17.3 Å². The van der Waals surface area contributed by atoms with Crippen LogP contribution in [0.5, 0.6) is 5.88 Å². The summed E-state index contributed by atoms with van der Waals surface area (Å²) in [6.45, 7) is 3.83. The molecule has 134 valence electrons. The molecule has 0 spiro atoms. The van der Waals surface area contributed by atoms with Crippen LogP contribution in [0, 0.1) is 13.8 Å². The lowest BCUT2D eigenvalue weighted by atomic mass is 10.1. The van der Waals surface area contributed by atoms with Crippen LogP contribution in [0.4, 0.5) is 5.69 Å². The summed E-state index contributed by atoms with van der Waals surface area (Å²) in [5.41, 5.74) is 3.97. The maximum Gasteiger partial charge on any atom is 0.261 e. The van der Waals surface area contributed by atoms with Crippen molar-refractivity contribution >= 4 is 15.7 Å². The fraction of sp³-hybridized carbons (Fsp3) is 0.158. The molecule has 0 amide bonds. The molecule has 0 fully saturated rings. The summed E-state index contributed by atoms with van der Waals surface area (Å²) in [5.74, 6) is 0.437. The van der Waals surface area contributed by atoms with E-state index in [2.05, 4.69) is 14.9 Å². The molecule has 0 unspecified atom stereocenters. The Morgan fingerprint density at radius 1 is 0.885 bits per heavy atom. The smallest absolute Gasteiger partial charge is 0.261 e. The molecule has 1 aromatic heterocycles. The standard InChI is InChI=1S/C19H19N3O3S/c1-13-4-9-17(12-14(13)2)26(23,24)22-16-7-5-15(6-8-16)18-10-11-19(25-3)21-20-18/h4-12,22H,1-3H3. The van der Waals surface area contributed by atoms with E-state index in [9.17, 15) is 8.42 Å². The summed E-state index contributed by atoms with van der Waals surface area (Å²) in [6, 6.07) is 15.5. The Bertz CT molecular complexity index is 1010. The Morgan fingerprint density at radius 2 is 1.62 bits per heavy atom. The number of hydrogen-bond acceptors (Lipinski definition) is 5. The highest BCUT2D eigenvalue weighted by atomic mass is 32.2. The molecule has 0 aliphatic carbocycles. The molecule has 2 aromatic carbocycles. The molecule has 1 heterocycles. The van der Waals surface area contributed by atoms with Crippen molar-refractivity contribution in [3.63, 3.8) is 0 Å². The van der Waals surface area contributed by atoms with Gasteiger partial charge in [-0.2, -0.15) is 0 Å². The van der Waals surface area contributed by atoms with Crippen molar-refractivity contribution in [1.82, 2.24) is 10.2 Å². The Hall–Kier alpha value is -2.93. The molecule has 7 heteroatoms. The summed E-state index contributed by atoms with van der Waals surface area (Å²) >= 11 is 0. The van der Waals surface area contributed by atoms with Crippen LogP contribution < -0.4 is 9.46 Å². The summed E-state index contributed by atoms with van der Waals surface area (Å²) in [4.78, 5) is 0.241. The summed E-state index contributed by atoms with van der Waals surface area (Å²) in [6.07, 6.45) is 0. The number of benzene rings is 2. The van der Waals surface area contributed by atoms with Crippen molar-refractivity contribution in [2.45, 2.75) is 18.7 Å². The fourth-order valence-corrected chi connectivity index (χ4v) is 3.53. The second-order valence-corrected chi connectivity index (χ2v) is 7.57. The van der Waals surface area contributed by atoms with Gasteiger partial charge in [-0.3, -0.25) is 4.72 Å². The zero-order chi connectivity index (χ0) is 18.7. The topological polar surface area (TPSA) is 81.2 Å². The summed E-state index contributed by atoms with van der Waals surface area (Å²) in [5, 5.41) is 8.00. The predicted molar refractivity (Wildman–Crippen MR) is 101 cm³/mol. The van der Waals surface area contributed by atoms with Crippen LogP contribution in [-0.4, -0.2) is 25.7 Å². The summed E-state index contributed by atoms with van der Waals surface area (Å²) < 4.78 is 32.7. The van der Waals surface area contributed by atoms with Crippen molar-refractivity contribution in [2.75, 3.05) is 11.8 Å². The van der Waals surface area contributed by atoms with Gasteiger partial charge in [0.2, 0.25) is 5.88 Å². The largest absolute Gasteiger partial charge is 0.480 e. The maximum absolute atomic E-state index is 12.5. The second kappa shape index (κ2) is 7.13. The van der Waals surface area contributed by atoms with Gasteiger partial charge in [-0.1, -0.05) is 18.2 Å². The predicted octanol–water partition coefficient (Wildman–Crippen LogP) is 3.57.